The zero-order valence-electron chi connectivity index (χ0n) is 12.1. The van der Waals surface area contributed by atoms with Crippen LogP contribution in [0.4, 0.5) is 0 Å². The Morgan fingerprint density at radius 2 is 2.10 bits per heavy atom. The van der Waals surface area contributed by atoms with Gasteiger partial charge in [0.25, 0.3) is 0 Å². The van der Waals surface area contributed by atoms with E-state index in [1.54, 1.807) is 18.4 Å². The monoisotopic (exact) mass is 353 g/mol. The van der Waals surface area contributed by atoms with E-state index in [0.717, 1.165) is 23.2 Å². The van der Waals surface area contributed by atoms with E-state index in [9.17, 15) is 0 Å². The summed E-state index contributed by atoms with van der Waals surface area (Å²) in [6, 6.07) is 6.40. The van der Waals surface area contributed by atoms with E-state index in [0.29, 0.717) is 0 Å². The summed E-state index contributed by atoms with van der Waals surface area (Å²) in [6.45, 7) is 5.36. The Bertz CT molecular complexity index is 567. The number of thiophene rings is 1. The minimum atomic E-state index is 0.224. The molecule has 1 heterocycles. The van der Waals surface area contributed by atoms with Gasteiger partial charge in [0, 0.05) is 4.47 Å². The zero-order valence-corrected chi connectivity index (χ0v) is 14.5. The Morgan fingerprint density at radius 3 is 2.65 bits per heavy atom. The molecule has 1 aromatic carbocycles. The van der Waals surface area contributed by atoms with E-state index < -0.39 is 0 Å². The predicted octanol–water partition coefficient (Wildman–Crippen LogP) is 4.92. The van der Waals surface area contributed by atoms with Gasteiger partial charge in [0.15, 0.2) is 0 Å². The van der Waals surface area contributed by atoms with Crippen LogP contribution in [0.3, 0.4) is 0 Å². The van der Waals surface area contributed by atoms with E-state index in [-0.39, 0.29) is 6.04 Å². The van der Waals surface area contributed by atoms with Crippen molar-refractivity contribution in [1.82, 2.24) is 5.32 Å². The molecule has 1 N–H and O–H groups in total. The average Bonchev–Trinajstić information content (AvgIpc) is 2.87. The first-order valence-electron chi connectivity index (χ1n) is 6.76. The van der Waals surface area contributed by atoms with Crippen molar-refractivity contribution in [3.63, 3.8) is 0 Å². The molecule has 2 aromatic rings. The van der Waals surface area contributed by atoms with E-state index in [1.165, 1.54) is 16.7 Å². The van der Waals surface area contributed by atoms with Crippen LogP contribution in [0.5, 0.6) is 5.75 Å². The molecule has 2 nitrogen and oxygen atoms in total. The van der Waals surface area contributed by atoms with Gasteiger partial charge in [-0.15, -0.1) is 0 Å². The van der Waals surface area contributed by atoms with Crippen LogP contribution in [-0.2, 0) is 0 Å². The number of benzene rings is 1. The normalized spacial score (nSPS) is 12.4. The number of ether oxygens (including phenoxy) is 1. The van der Waals surface area contributed by atoms with E-state index in [4.69, 9.17) is 4.74 Å². The molecule has 0 saturated heterocycles. The summed E-state index contributed by atoms with van der Waals surface area (Å²) in [6.07, 6.45) is 1.12. The van der Waals surface area contributed by atoms with Gasteiger partial charge in [-0.3, -0.25) is 0 Å². The van der Waals surface area contributed by atoms with Gasteiger partial charge in [0.1, 0.15) is 5.75 Å². The number of methoxy groups -OCH3 is 1. The van der Waals surface area contributed by atoms with Crippen molar-refractivity contribution in [3.05, 3.63) is 50.1 Å². The van der Waals surface area contributed by atoms with Crippen LogP contribution in [0.1, 0.15) is 36.1 Å². The summed E-state index contributed by atoms with van der Waals surface area (Å²) in [5.74, 6) is 0.872. The second-order valence-corrected chi connectivity index (χ2v) is 6.38. The molecule has 0 aliphatic rings. The summed E-state index contributed by atoms with van der Waals surface area (Å²) in [5.41, 5.74) is 3.95. The highest BCUT2D eigenvalue weighted by Crippen LogP contribution is 2.34. The third-order valence-electron chi connectivity index (χ3n) is 3.32. The maximum Gasteiger partial charge on any atom is 0.120 e. The van der Waals surface area contributed by atoms with Gasteiger partial charge in [-0.2, -0.15) is 11.3 Å². The first kappa shape index (κ1) is 15.5. The molecule has 0 aliphatic carbocycles. The Morgan fingerprint density at radius 1 is 1.30 bits per heavy atom. The maximum absolute atomic E-state index is 5.28. The summed E-state index contributed by atoms with van der Waals surface area (Å²) < 4.78 is 6.36. The van der Waals surface area contributed by atoms with Crippen LogP contribution in [0, 0.1) is 6.92 Å². The van der Waals surface area contributed by atoms with Gasteiger partial charge < -0.3 is 10.1 Å². The van der Waals surface area contributed by atoms with Crippen molar-refractivity contribution in [2.45, 2.75) is 26.3 Å². The van der Waals surface area contributed by atoms with Crippen LogP contribution in [0.25, 0.3) is 0 Å². The molecule has 1 unspecified atom stereocenters. The second kappa shape index (κ2) is 7.25. The molecule has 108 valence electrons. The van der Waals surface area contributed by atoms with Crippen LogP contribution in [-0.4, -0.2) is 13.7 Å². The minimum absolute atomic E-state index is 0.224. The van der Waals surface area contributed by atoms with Crippen LogP contribution >= 0.6 is 27.3 Å². The predicted molar refractivity (Wildman–Crippen MR) is 89.9 cm³/mol. The molecule has 0 saturated carbocycles. The van der Waals surface area contributed by atoms with Crippen molar-refractivity contribution in [2.24, 2.45) is 0 Å². The molecule has 20 heavy (non-hydrogen) atoms. The third-order valence-corrected chi connectivity index (χ3v) is 4.89. The summed E-state index contributed by atoms with van der Waals surface area (Å²) >= 11 is 5.43. The molecule has 1 aromatic heterocycles. The highest BCUT2D eigenvalue weighted by atomic mass is 79.9. The van der Waals surface area contributed by atoms with Gasteiger partial charge in [-0.05, 0) is 59.5 Å². The number of hydrogen-bond acceptors (Lipinski definition) is 3. The fourth-order valence-corrected chi connectivity index (χ4v) is 3.67. The standard InChI is InChI=1S/C16H20BrNOS/c1-4-7-18-16(14-10-20-9-11(14)2)13-6-5-12(19-3)8-15(13)17/h5-6,8-10,16,18H,4,7H2,1-3H3. The molecule has 1 atom stereocenters. The van der Waals surface area contributed by atoms with Crippen molar-refractivity contribution < 1.29 is 4.74 Å². The van der Waals surface area contributed by atoms with Crippen molar-refractivity contribution in [3.8, 4) is 5.75 Å². The lowest BCUT2D eigenvalue weighted by molar-refractivity contribution is 0.414. The minimum Gasteiger partial charge on any atom is -0.497 e. The first-order chi connectivity index (χ1) is 9.67. The van der Waals surface area contributed by atoms with Crippen molar-refractivity contribution >= 4 is 27.3 Å². The number of aryl methyl sites for hydroxylation is 1. The van der Waals surface area contributed by atoms with Gasteiger partial charge in [-0.25, -0.2) is 0 Å². The van der Waals surface area contributed by atoms with Crippen LogP contribution < -0.4 is 10.1 Å². The molecule has 2 rings (SSSR count). The van der Waals surface area contributed by atoms with E-state index >= 15 is 0 Å². The Kier molecular flexibility index (Phi) is 5.64. The Labute approximate surface area is 133 Å². The average molecular weight is 354 g/mol. The molecule has 4 heteroatoms. The topological polar surface area (TPSA) is 21.3 Å². The number of rotatable bonds is 6. The van der Waals surface area contributed by atoms with Gasteiger partial charge in [0.2, 0.25) is 0 Å². The fraction of sp³-hybridized carbons (Fsp3) is 0.375. The fourth-order valence-electron chi connectivity index (χ4n) is 2.21. The van der Waals surface area contributed by atoms with Crippen molar-refractivity contribution in [2.75, 3.05) is 13.7 Å². The zero-order chi connectivity index (χ0) is 14.5. The molecule has 0 fully saturated rings. The lowest BCUT2D eigenvalue weighted by Gasteiger charge is -2.21. The quantitative estimate of drug-likeness (QED) is 0.795. The summed E-state index contributed by atoms with van der Waals surface area (Å²) in [5, 5.41) is 8.08. The number of nitrogens with one attached hydrogen (secondary N) is 1. The molecular weight excluding hydrogens is 334 g/mol. The Hall–Kier alpha value is -0.840. The maximum atomic E-state index is 5.28. The number of hydrogen-bond donors (Lipinski definition) is 1. The molecule has 0 aliphatic heterocycles. The molecule has 0 spiro atoms. The Balaban J connectivity index is 2.38. The lowest BCUT2D eigenvalue weighted by atomic mass is 9.98. The van der Waals surface area contributed by atoms with Crippen LogP contribution in [0.15, 0.2) is 33.4 Å². The highest BCUT2D eigenvalue weighted by Gasteiger charge is 2.19. The largest absolute Gasteiger partial charge is 0.497 e. The lowest BCUT2D eigenvalue weighted by Crippen LogP contribution is -2.23. The van der Waals surface area contributed by atoms with Crippen LogP contribution in [0.2, 0.25) is 0 Å². The molecular formula is C16H20BrNOS. The van der Waals surface area contributed by atoms with Gasteiger partial charge in [-0.1, -0.05) is 28.9 Å². The SMILES string of the molecule is CCCNC(c1cscc1C)c1ccc(OC)cc1Br. The van der Waals surface area contributed by atoms with Crippen molar-refractivity contribution in [1.29, 1.82) is 0 Å². The summed E-state index contributed by atoms with van der Waals surface area (Å²) in [7, 11) is 1.69. The summed E-state index contributed by atoms with van der Waals surface area (Å²) in [4.78, 5) is 0. The third kappa shape index (κ3) is 3.43. The van der Waals surface area contributed by atoms with Gasteiger partial charge in [0.05, 0.1) is 13.2 Å². The van der Waals surface area contributed by atoms with E-state index in [2.05, 4.69) is 51.9 Å². The second-order valence-electron chi connectivity index (χ2n) is 4.78. The van der Waals surface area contributed by atoms with E-state index in [1.807, 2.05) is 12.1 Å². The molecule has 0 bridgehead atoms. The smallest absolute Gasteiger partial charge is 0.120 e. The first-order valence-corrected chi connectivity index (χ1v) is 8.50. The van der Waals surface area contributed by atoms with Gasteiger partial charge >= 0.3 is 0 Å². The molecule has 0 radical (unpaired) electrons. The molecule has 0 amide bonds. The highest BCUT2D eigenvalue weighted by molar-refractivity contribution is 9.10. The number of halogens is 1.